The number of nitrogens with zero attached hydrogens (tertiary/aromatic N) is 2. The molecule has 7 nitrogen and oxygen atoms in total. The van der Waals surface area contributed by atoms with Crippen LogP contribution in [0, 0.1) is 0 Å². The quantitative estimate of drug-likeness (QED) is 0.302. The van der Waals surface area contributed by atoms with Crippen molar-refractivity contribution in [2.75, 3.05) is 48.0 Å². The van der Waals surface area contributed by atoms with E-state index in [2.05, 4.69) is 15.2 Å². The highest BCUT2D eigenvalue weighted by atomic mass is 127. The number of aliphatic imine (C=N–C) groups is 1. The van der Waals surface area contributed by atoms with Gasteiger partial charge in [0.25, 0.3) is 0 Å². The molecule has 1 aliphatic rings. The van der Waals surface area contributed by atoms with E-state index < -0.39 is 0 Å². The van der Waals surface area contributed by atoms with Crippen molar-refractivity contribution < 1.29 is 18.9 Å². The van der Waals surface area contributed by atoms with E-state index in [4.69, 9.17) is 18.9 Å². The van der Waals surface area contributed by atoms with Gasteiger partial charge in [0, 0.05) is 57.2 Å². The van der Waals surface area contributed by atoms with Crippen LogP contribution in [0.3, 0.4) is 0 Å². The Balaban J connectivity index is 0.00000363. The molecule has 1 saturated heterocycles. The molecule has 0 unspecified atom stereocenters. The number of guanidine groups is 1. The van der Waals surface area contributed by atoms with Gasteiger partial charge < -0.3 is 29.2 Å². The van der Waals surface area contributed by atoms with Crippen molar-refractivity contribution in [2.45, 2.75) is 25.4 Å². The standard InChI is InChI=1S/C24H33N3O4.HI/c1-25-24(27-14-11-19(12-15-27)31-18-8-6-5-7-9-18)26-13-10-21-22(29-3)16-20(28-2)17-23(21)30-4;/h5-9,16-17,19H,10-15H2,1-4H3,(H,25,26);1H. The van der Waals surface area contributed by atoms with Crippen molar-refractivity contribution in [1.29, 1.82) is 0 Å². The van der Waals surface area contributed by atoms with Gasteiger partial charge in [-0.25, -0.2) is 0 Å². The highest BCUT2D eigenvalue weighted by Crippen LogP contribution is 2.34. The summed E-state index contributed by atoms with van der Waals surface area (Å²) >= 11 is 0. The van der Waals surface area contributed by atoms with Crippen molar-refractivity contribution in [3.05, 3.63) is 48.0 Å². The monoisotopic (exact) mass is 555 g/mol. The molecule has 1 aliphatic heterocycles. The smallest absolute Gasteiger partial charge is 0.193 e. The summed E-state index contributed by atoms with van der Waals surface area (Å²) in [4.78, 5) is 6.76. The second kappa shape index (κ2) is 13.2. The zero-order valence-corrected chi connectivity index (χ0v) is 21.6. The SMILES string of the molecule is CN=C(NCCc1c(OC)cc(OC)cc1OC)N1CCC(Oc2ccccc2)CC1.I. The molecule has 32 heavy (non-hydrogen) atoms. The van der Waals surface area contributed by atoms with Crippen molar-refractivity contribution in [3.8, 4) is 23.0 Å². The molecule has 0 spiro atoms. The lowest BCUT2D eigenvalue weighted by Gasteiger charge is -2.34. The zero-order chi connectivity index (χ0) is 22.1. The molecule has 0 radical (unpaired) electrons. The van der Waals surface area contributed by atoms with Crippen molar-refractivity contribution in [2.24, 2.45) is 4.99 Å². The molecule has 0 aliphatic carbocycles. The minimum atomic E-state index is 0. The normalized spacial score (nSPS) is 14.4. The van der Waals surface area contributed by atoms with E-state index >= 15 is 0 Å². The van der Waals surface area contributed by atoms with Crippen molar-refractivity contribution >= 4 is 29.9 Å². The molecule has 2 aromatic rings. The number of rotatable bonds is 8. The summed E-state index contributed by atoms with van der Waals surface area (Å²) in [7, 11) is 6.77. The van der Waals surface area contributed by atoms with Crippen LogP contribution < -0.4 is 24.3 Å². The number of methoxy groups -OCH3 is 3. The number of hydrogen-bond acceptors (Lipinski definition) is 5. The fourth-order valence-corrected chi connectivity index (χ4v) is 3.83. The first-order valence-electron chi connectivity index (χ1n) is 10.6. The molecule has 2 aromatic carbocycles. The second-order valence-electron chi connectivity index (χ2n) is 7.35. The number of piperidine rings is 1. The first-order chi connectivity index (χ1) is 15.2. The average molecular weight is 555 g/mol. The highest BCUT2D eigenvalue weighted by Gasteiger charge is 2.23. The predicted molar refractivity (Wildman–Crippen MR) is 138 cm³/mol. The fraction of sp³-hybridized carbons (Fsp3) is 0.458. The third kappa shape index (κ3) is 6.82. The molecule has 0 amide bonds. The average Bonchev–Trinajstić information content (AvgIpc) is 2.82. The van der Waals surface area contributed by atoms with Crippen LogP contribution in [0.15, 0.2) is 47.5 Å². The minimum Gasteiger partial charge on any atom is -0.496 e. The number of benzene rings is 2. The lowest BCUT2D eigenvalue weighted by molar-refractivity contribution is 0.129. The van der Waals surface area contributed by atoms with Gasteiger partial charge in [-0.3, -0.25) is 4.99 Å². The van der Waals surface area contributed by atoms with Gasteiger partial charge in [-0.2, -0.15) is 0 Å². The Bertz CT molecular complexity index is 831. The number of ether oxygens (including phenoxy) is 4. The molecule has 0 atom stereocenters. The molecule has 0 bridgehead atoms. The summed E-state index contributed by atoms with van der Waals surface area (Å²) in [5.74, 6) is 4.07. The van der Waals surface area contributed by atoms with E-state index in [9.17, 15) is 0 Å². The second-order valence-corrected chi connectivity index (χ2v) is 7.35. The summed E-state index contributed by atoms with van der Waals surface area (Å²) in [5.41, 5.74) is 1.00. The number of hydrogen-bond donors (Lipinski definition) is 1. The summed E-state index contributed by atoms with van der Waals surface area (Å²) in [5, 5.41) is 3.48. The summed E-state index contributed by atoms with van der Waals surface area (Å²) < 4.78 is 22.5. The number of halogens is 1. The minimum absolute atomic E-state index is 0. The van der Waals surface area contributed by atoms with Gasteiger partial charge >= 0.3 is 0 Å². The Morgan fingerprint density at radius 3 is 2.12 bits per heavy atom. The topological polar surface area (TPSA) is 64.6 Å². The van der Waals surface area contributed by atoms with Gasteiger partial charge in [0.2, 0.25) is 0 Å². The number of para-hydroxylation sites is 1. The van der Waals surface area contributed by atoms with Gasteiger partial charge in [-0.05, 0) is 18.6 Å². The molecule has 1 heterocycles. The highest BCUT2D eigenvalue weighted by molar-refractivity contribution is 14.0. The Morgan fingerprint density at radius 1 is 0.969 bits per heavy atom. The van der Waals surface area contributed by atoms with Gasteiger partial charge in [-0.1, -0.05) is 18.2 Å². The molecule has 1 fully saturated rings. The summed E-state index contributed by atoms with van der Waals surface area (Å²) in [6, 6.07) is 13.8. The number of likely N-dealkylation sites (tertiary alicyclic amines) is 1. The van der Waals surface area contributed by atoms with E-state index in [1.54, 1.807) is 21.3 Å². The van der Waals surface area contributed by atoms with E-state index in [0.29, 0.717) is 12.3 Å². The first kappa shape index (κ1) is 25.9. The van der Waals surface area contributed by atoms with Crippen LogP contribution in [0.4, 0.5) is 0 Å². The van der Waals surface area contributed by atoms with Gasteiger partial charge in [0.15, 0.2) is 5.96 Å². The Morgan fingerprint density at radius 2 is 1.59 bits per heavy atom. The van der Waals surface area contributed by atoms with E-state index in [-0.39, 0.29) is 30.1 Å². The third-order valence-corrected chi connectivity index (χ3v) is 5.47. The van der Waals surface area contributed by atoms with E-state index in [0.717, 1.165) is 61.1 Å². The molecule has 176 valence electrons. The summed E-state index contributed by atoms with van der Waals surface area (Å²) in [6.07, 6.45) is 2.92. The van der Waals surface area contributed by atoms with Crippen LogP contribution in [-0.2, 0) is 6.42 Å². The first-order valence-corrected chi connectivity index (χ1v) is 10.6. The largest absolute Gasteiger partial charge is 0.496 e. The zero-order valence-electron chi connectivity index (χ0n) is 19.3. The molecule has 0 aromatic heterocycles. The van der Waals surface area contributed by atoms with Crippen LogP contribution >= 0.6 is 24.0 Å². The lowest BCUT2D eigenvalue weighted by atomic mass is 10.1. The van der Waals surface area contributed by atoms with Crippen molar-refractivity contribution in [1.82, 2.24) is 10.2 Å². The lowest BCUT2D eigenvalue weighted by Crippen LogP contribution is -2.47. The third-order valence-electron chi connectivity index (χ3n) is 5.47. The van der Waals surface area contributed by atoms with Crippen LogP contribution in [0.1, 0.15) is 18.4 Å². The maximum absolute atomic E-state index is 6.10. The van der Waals surface area contributed by atoms with Crippen LogP contribution in [0.2, 0.25) is 0 Å². The molecule has 8 heteroatoms. The van der Waals surface area contributed by atoms with Gasteiger partial charge in [0.05, 0.1) is 21.3 Å². The molecule has 0 saturated carbocycles. The molecule has 3 rings (SSSR count). The fourth-order valence-electron chi connectivity index (χ4n) is 3.83. The molecular formula is C24H34IN3O4. The van der Waals surface area contributed by atoms with E-state index in [1.807, 2.05) is 49.5 Å². The molecule has 1 N–H and O–H groups in total. The Hall–Kier alpha value is -2.36. The Labute approximate surface area is 208 Å². The van der Waals surface area contributed by atoms with Crippen LogP contribution in [-0.4, -0.2) is 65.0 Å². The Kier molecular flexibility index (Phi) is 10.7. The predicted octanol–water partition coefficient (Wildman–Crippen LogP) is 3.99. The number of nitrogens with one attached hydrogen (secondary N) is 1. The maximum atomic E-state index is 6.10. The summed E-state index contributed by atoms with van der Waals surface area (Å²) in [6.45, 7) is 2.53. The van der Waals surface area contributed by atoms with Crippen molar-refractivity contribution in [3.63, 3.8) is 0 Å². The van der Waals surface area contributed by atoms with E-state index in [1.165, 1.54) is 0 Å². The van der Waals surface area contributed by atoms with Crippen LogP contribution in [0.5, 0.6) is 23.0 Å². The maximum Gasteiger partial charge on any atom is 0.193 e. The van der Waals surface area contributed by atoms with Gasteiger partial charge in [-0.15, -0.1) is 24.0 Å². The van der Waals surface area contributed by atoms with Crippen LogP contribution in [0.25, 0.3) is 0 Å². The van der Waals surface area contributed by atoms with Gasteiger partial charge in [0.1, 0.15) is 29.1 Å². The molecular weight excluding hydrogens is 521 g/mol.